The Labute approximate surface area is 73.3 Å². The van der Waals surface area contributed by atoms with Gasteiger partial charge in [0, 0.05) is 12.8 Å². The fourth-order valence-electron chi connectivity index (χ4n) is 1.99. The fourth-order valence-corrected chi connectivity index (χ4v) is 1.99. The van der Waals surface area contributed by atoms with Crippen LogP contribution in [0.3, 0.4) is 0 Å². The van der Waals surface area contributed by atoms with Crippen molar-refractivity contribution in [1.29, 1.82) is 0 Å². The summed E-state index contributed by atoms with van der Waals surface area (Å²) in [7, 11) is 0. The highest BCUT2D eigenvalue weighted by Crippen LogP contribution is 2.34. The van der Waals surface area contributed by atoms with Gasteiger partial charge in [0.15, 0.2) is 0 Å². The van der Waals surface area contributed by atoms with Gasteiger partial charge in [-0.05, 0) is 27.7 Å². The Morgan fingerprint density at radius 3 is 1.75 bits per heavy atom. The first-order valence-corrected chi connectivity index (χ1v) is 4.25. The normalized spacial score (nSPS) is 28.9. The summed E-state index contributed by atoms with van der Waals surface area (Å²) in [4.78, 5) is 11.3. The molecule has 3 nitrogen and oxygen atoms in total. The third-order valence-electron chi connectivity index (χ3n) is 2.36. The second kappa shape index (κ2) is 2.54. The monoisotopic (exact) mass is 170 g/mol. The van der Waals surface area contributed by atoms with Crippen molar-refractivity contribution in [1.82, 2.24) is 5.06 Å². The van der Waals surface area contributed by atoms with E-state index in [-0.39, 0.29) is 5.78 Å². The van der Waals surface area contributed by atoms with E-state index in [2.05, 4.69) is 0 Å². The molecule has 0 aliphatic carbocycles. The molecule has 0 N–H and O–H groups in total. The van der Waals surface area contributed by atoms with Crippen LogP contribution in [0.15, 0.2) is 0 Å². The summed E-state index contributed by atoms with van der Waals surface area (Å²) in [6, 6.07) is 0. The predicted octanol–water partition coefficient (Wildman–Crippen LogP) is 1.55. The van der Waals surface area contributed by atoms with Crippen LogP contribution in [0.25, 0.3) is 0 Å². The van der Waals surface area contributed by atoms with Crippen LogP contribution in [0.2, 0.25) is 0 Å². The van der Waals surface area contributed by atoms with Gasteiger partial charge in [0.2, 0.25) is 0 Å². The first-order chi connectivity index (χ1) is 5.26. The fraction of sp³-hybridized carbons (Fsp3) is 0.889. The largest absolute Gasteiger partial charge is 0.300 e. The summed E-state index contributed by atoms with van der Waals surface area (Å²) >= 11 is 0. The molecule has 1 rings (SSSR count). The smallest absolute Gasteiger partial charge is 0.136 e. The van der Waals surface area contributed by atoms with Crippen molar-refractivity contribution in [3.63, 3.8) is 0 Å². The molecule has 1 radical (unpaired) electrons. The predicted molar refractivity (Wildman–Crippen MR) is 44.9 cm³/mol. The highest BCUT2D eigenvalue weighted by atomic mass is 16.5. The van der Waals surface area contributed by atoms with Crippen molar-refractivity contribution in [2.24, 2.45) is 0 Å². The van der Waals surface area contributed by atoms with Crippen LogP contribution in [0, 0.1) is 0 Å². The summed E-state index contributed by atoms with van der Waals surface area (Å²) in [5.41, 5.74) is -1.06. The van der Waals surface area contributed by atoms with Crippen molar-refractivity contribution in [2.75, 3.05) is 0 Å². The highest BCUT2D eigenvalue weighted by molar-refractivity contribution is 5.81. The molecule has 0 unspecified atom stereocenters. The molecule has 3 heteroatoms. The van der Waals surface area contributed by atoms with E-state index in [1.54, 1.807) is 0 Å². The number of hydrogen-bond donors (Lipinski definition) is 0. The van der Waals surface area contributed by atoms with Gasteiger partial charge in [-0.2, -0.15) is 0 Å². The molecular weight excluding hydrogens is 154 g/mol. The molecule has 0 spiro atoms. The van der Waals surface area contributed by atoms with Crippen LogP contribution < -0.4 is 0 Å². The molecule has 0 aromatic heterocycles. The molecule has 1 saturated heterocycles. The van der Waals surface area contributed by atoms with Crippen molar-refractivity contribution in [3.05, 3.63) is 0 Å². The number of rotatable bonds is 0. The van der Waals surface area contributed by atoms with Gasteiger partial charge in [0.1, 0.15) is 5.78 Å². The Morgan fingerprint density at radius 2 is 1.42 bits per heavy atom. The summed E-state index contributed by atoms with van der Waals surface area (Å²) in [6.07, 6.45) is 0.750. The number of hydroxylamine groups is 2. The van der Waals surface area contributed by atoms with Crippen LogP contribution in [0.1, 0.15) is 40.5 Å². The van der Waals surface area contributed by atoms with E-state index < -0.39 is 11.1 Å². The molecule has 69 valence electrons. The van der Waals surface area contributed by atoms with E-state index in [0.29, 0.717) is 12.8 Å². The minimum atomic E-state index is -0.529. The average Bonchev–Trinajstić information content (AvgIpc) is 1.80. The number of nitrogens with zero attached hydrogens (tertiary/aromatic N) is 1. The molecule has 1 aliphatic heterocycles. The molecule has 0 amide bonds. The van der Waals surface area contributed by atoms with Gasteiger partial charge in [0.05, 0.1) is 11.1 Å². The van der Waals surface area contributed by atoms with Crippen molar-refractivity contribution >= 4 is 5.78 Å². The molecular formula is C9H16NO2. The third kappa shape index (κ3) is 1.52. The van der Waals surface area contributed by atoms with E-state index in [1.807, 2.05) is 27.7 Å². The number of ketones is 1. The summed E-state index contributed by atoms with van der Waals surface area (Å²) in [5, 5.41) is 12.7. The van der Waals surface area contributed by atoms with Gasteiger partial charge >= 0.3 is 0 Å². The van der Waals surface area contributed by atoms with Crippen LogP contribution in [-0.2, 0) is 10.0 Å². The van der Waals surface area contributed by atoms with E-state index in [1.165, 1.54) is 0 Å². The van der Waals surface area contributed by atoms with Crippen LogP contribution in [0.5, 0.6) is 0 Å². The lowest BCUT2D eigenvalue weighted by molar-refractivity contribution is -0.280. The Balaban J connectivity index is 2.91. The SMILES string of the molecule is CC1(C)CC(=O)CC(C)(C)N1[O]. The molecule has 1 heterocycles. The minimum absolute atomic E-state index is 0.192. The Morgan fingerprint density at radius 1 is 1.08 bits per heavy atom. The number of carbonyl (C=O) groups is 1. The van der Waals surface area contributed by atoms with Crippen molar-refractivity contribution in [2.45, 2.75) is 51.6 Å². The van der Waals surface area contributed by atoms with Gasteiger partial charge in [0.25, 0.3) is 0 Å². The van der Waals surface area contributed by atoms with Gasteiger partial charge in [-0.25, -0.2) is 0 Å². The quantitative estimate of drug-likeness (QED) is 0.553. The molecule has 1 aliphatic rings. The van der Waals surface area contributed by atoms with E-state index in [0.717, 1.165) is 5.06 Å². The molecule has 0 aromatic rings. The van der Waals surface area contributed by atoms with E-state index in [4.69, 9.17) is 0 Å². The summed E-state index contributed by atoms with van der Waals surface area (Å²) < 4.78 is 0. The topological polar surface area (TPSA) is 40.2 Å². The highest BCUT2D eigenvalue weighted by Gasteiger charge is 2.45. The zero-order chi connectivity index (χ0) is 9.57. The lowest BCUT2D eigenvalue weighted by Crippen LogP contribution is -2.58. The number of piperidine rings is 1. The van der Waals surface area contributed by atoms with Crippen LogP contribution >= 0.6 is 0 Å². The maximum absolute atomic E-state index is 11.7. The van der Waals surface area contributed by atoms with Gasteiger partial charge in [-0.3, -0.25) is 4.79 Å². The minimum Gasteiger partial charge on any atom is -0.300 e. The maximum Gasteiger partial charge on any atom is 0.136 e. The molecule has 1 fully saturated rings. The molecule has 0 aromatic carbocycles. The van der Waals surface area contributed by atoms with Gasteiger partial charge in [-0.15, -0.1) is 10.3 Å². The van der Waals surface area contributed by atoms with Crippen LogP contribution in [0.4, 0.5) is 0 Å². The zero-order valence-electron chi connectivity index (χ0n) is 8.18. The number of Topliss-reactive ketones (excluding diaryl/α,β-unsaturated/α-hetero) is 1. The Kier molecular flexibility index (Phi) is 2.05. The van der Waals surface area contributed by atoms with Crippen molar-refractivity contribution in [3.8, 4) is 0 Å². The second-order valence-electron chi connectivity index (χ2n) is 4.81. The van der Waals surface area contributed by atoms with Gasteiger partial charge < -0.3 is 0 Å². The summed E-state index contributed by atoms with van der Waals surface area (Å²) in [6.45, 7) is 7.27. The zero-order valence-corrected chi connectivity index (χ0v) is 8.18. The van der Waals surface area contributed by atoms with E-state index >= 15 is 0 Å². The third-order valence-corrected chi connectivity index (χ3v) is 2.36. The lowest BCUT2D eigenvalue weighted by atomic mass is 9.81. The van der Waals surface area contributed by atoms with Gasteiger partial charge in [-0.1, -0.05) is 0 Å². The Bertz CT molecular complexity index is 189. The molecule has 12 heavy (non-hydrogen) atoms. The standard InChI is InChI=1S/C9H16NO2/c1-8(2)5-7(11)6-9(3,4)10(8)12/h5-6H2,1-4H3. The first kappa shape index (κ1) is 9.68. The Hall–Kier alpha value is -0.410. The molecule has 0 saturated carbocycles. The summed E-state index contributed by atoms with van der Waals surface area (Å²) in [5.74, 6) is 0.192. The lowest BCUT2D eigenvalue weighted by Gasteiger charge is -2.45. The average molecular weight is 170 g/mol. The molecule has 0 atom stereocenters. The van der Waals surface area contributed by atoms with Crippen LogP contribution in [-0.4, -0.2) is 21.9 Å². The van der Waals surface area contributed by atoms with Crippen molar-refractivity contribution < 1.29 is 10.0 Å². The number of hydrogen-bond acceptors (Lipinski definition) is 2. The first-order valence-electron chi connectivity index (χ1n) is 4.25. The molecule has 0 bridgehead atoms. The number of carbonyl (C=O) groups excluding carboxylic acids is 1. The maximum atomic E-state index is 11.7. The second-order valence-corrected chi connectivity index (χ2v) is 4.81. The van der Waals surface area contributed by atoms with E-state index in [9.17, 15) is 10.0 Å².